The second-order valence-electron chi connectivity index (χ2n) is 7.57. The summed E-state index contributed by atoms with van der Waals surface area (Å²) in [7, 11) is 0. The molecule has 4 nitrogen and oxygen atoms in total. The summed E-state index contributed by atoms with van der Waals surface area (Å²) in [5, 5.41) is 0.685. The highest BCUT2D eigenvalue weighted by Gasteiger charge is 2.33. The minimum atomic E-state index is -0.446. The SMILES string of the molecule is CC(C)[C@H]1CC[C@@H](C)C[C@H]1OC(=O)COC(=O)CCSc1ccc(Cl)cc1. The fourth-order valence-electron chi connectivity index (χ4n) is 3.45. The third-order valence-electron chi connectivity index (χ3n) is 4.98. The molecular formula is C21H29ClO4S. The van der Waals surface area contributed by atoms with Crippen molar-refractivity contribution < 1.29 is 19.1 Å². The number of esters is 2. The molecular weight excluding hydrogens is 384 g/mol. The van der Waals surface area contributed by atoms with E-state index in [1.807, 2.05) is 24.3 Å². The van der Waals surface area contributed by atoms with Gasteiger partial charge in [-0.25, -0.2) is 4.79 Å². The van der Waals surface area contributed by atoms with E-state index in [0.717, 1.165) is 17.7 Å². The Morgan fingerprint density at radius 1 is 1.19 bits per heavy atom. The first-order valence-corrected chi connectivity index (χ1v) is 10.9. The molecule has 1 aromatic carbocycles. The lowest BCUT2D eigenvalue weighted by Crippen LogP contribution is -2.36. The molecule has 1 aliphatic rings. The van der Waals surface area contributed by atoms with E-state index in [1.165, 1.54) is 6.42 Å². The Labute approximate surface area is 171 Å². The lowest BCUT2D eigenvalue weighted by atomic mass is 9.75. The van der Waals surface area contributed by atoms with Crippen molar-refractivity contribution >= 4 is 35.3 Å². The quantitative estimate of drug-likeness (QED) is 0.424. The van der Waals surface area contributed by atoms with Crippen molar-refractivity contribution in [1.29, 1.82) is 0 Å². The molecule has 0 amide bonds. The smallest absolute Gasteiger partial charge is 0.344 e. The molecule has 0 saturated heterocycles. The first-order chi connectivity index (χ1) is 12.8. The van der Waals surface area contributed by atoms with Crippen molar-refractivity contribution in [2.75, 3.05) is 12.4 Å². The summed E-state index contributed by atoms with van der Waals surface area (Å²) in [5.74, 6) is 1.18. The van der Waals surface area contributed by atoms with Gasteiger partial charge in [-0.15, -0.1) is 11.8 Å². The highest BCUT2D eigenvalue weighted by atomic mass is 35.5. The molecule has 0 spiro atoms. The van der Waals surface area contributed by atoms with Crippen molar-refractivity contribution in [1.82, 2.24) is 0 Å². The number of benzene rings is 1. The number of hydrogen-bond donors (Lipinski definition) is 0. The normalized spacial score (nSPS) is 22.5. The molecule has 0 N–H and O–H groups in total. The third-order valence-corrected chi connectivity index (χ3v) is 6.25. The second kappa shape index (κ2) is 11.0. The van der Waals surface area contributed by atoms with Crippen LogP contribution in [0.2, 0.25) is 5.02 Å². The average molecular weight is 413 g/mol. The van der Waals surface area contributed by atoms with Crippen LogP contribution >= 0.6 is 23.4 Å². The monoisotopic (exact) mass is 412 g/mol. The van der Waals surface area contributed by atoms with E-state index in [0.29, 0.717) is 28.5 Å². The Morgan fingerprint density at radius 3 is 2.56 bits per heavy atom. The Morgan fingerprint density at radius 2 is 1.89 bits per heavy atom. The third kappa shape index (κ3) is 7.74. The molecule has 1 aliphatic carbocycles. The van der Waals surface area contributed by atoms with Crippen molar-refractivity contribution in [3.63, 3.8) is 0 Å². The van der Waals surface area contributed by atoms with Crippen LogP contribution in [0.5, 0.6) is 0 Å². The molecule has 0 bridgehead atoms. The maximum atomic E-state index is 12.1. The summed E-state index contributed by atoms with van der Waals surface area (Å²) in [4.78, 5) is 25.0. The molecule has 27 heavy (non-hydrogen) atoms. The van der Waals surface area contributed by atoms with Crippen LogP contribution in [-0.4, -0.2) is 30.4 Å². The summed E-state index contributed by atoms with van der Waals surface area (Å²) in [6.45, 7) is 6.22. The molecule has 1 saturated carbocycles. The lowest BCUT2D eigenvalue weighted by Gasteiger charge is -2.36. The number of rotatable bonds is 8. The standard InChI is InChI=1S/C21H29ClO4S/c1-14(2)18-9-4-15(3)12-19(18)26-21(24)13-25-20(23)10-11-27-17-7-5-16(22)6-8-17/h5-8,14-15,18-19H,4,9-13H2,1-3H3/t15-,18-,19-/m1/s1. The fraction of sp³-hybridized carbons (Fsp3) is 0.619. The van der Waals surface area contributed by atoms with E-state index in [4.69, 9.17) is 21.1 Å². The van der Waals surface area contributed by atoms with Gasteiger partial charge in [0.2, 0.25) is 0 Å². The predicted octanol–water partition coefficient (Wildman–Crippen LogP) is 5.37. The maximum Gasteiger partial charge on any atom is 0.344 e. The zero-order valence-corrected chi connectivity index (χ0v) is 17.9. The Hall–Kier alpha value is -1.20. The van der Waals surface area contributed by atoms with Crippen LogP contribution in [0.25, 0.3) is 0 Å². The largest absolute Gasteiger partial charge is 0.460 e. The summed E-state index contributed by atoms with van der Waals surface area (Å²) in [5.41, 5.74) is 0. The molecule has 1 fully saturated rings. The van der Waals surface area contributed by atoms with Crippen molar-refractivity contribution in [3.05, 3.63) is 29.3 Å². The van der Waals surface area contributed by atoms with Crippen molar-refractivity contribution in [2.24, 2.45) is 17.8 Å². The van der Waals surface area contributed by atoms with Gasteiger partial charge in [0.1, 0.15) is 6.10 Å². The topological polar surface area (TPSA) is 52.6 Å². The molecule has 3 atom stereocenters. The fourth-order valence-corrected chi connectivity index (χ4v) is 4.41. The van der Waals surface area contributed by atoms with Gasteiger partial charge in [-0.3, -0.25) is 4.79 Å². The van der Waals surface area contributed by atoms with Gasteiger partial charge in [0, 0.05) is 15.7 Å². The minimum absolute atomic E-state index is 0.0691. The minimum Gasteiger partial charge on any atom is -0.460 e. The van der Waals surface area contributed by atoms with Crippen LogP contribution in [0.4, 0.5) is 0 Å². The van der Waals surface area contributed by atoms with Crippen molar-refractivity contribution in [2.45, 2.75) is 57.5 Å². The molecule has 0 aromatic heterocycles. The van der Waals surface area contributed by atoms with Crippen LogP contribution in [0.3, 0.4) is 0 Å². The van der Waals surface area contributed by atoms with Gasteiger partial charge in [-0.2, -0.15) is 0 Å². The van der Waals surface area contributed by atoms with Crippen LogP contribution in [-0.2, 0) is 19.1 Å². The van der Waals surface area contributed by atoms with Gasteiger partial charge in [-0.05, 0) is 54.9 Å². The molecule has 150 valence electrons. The van der Waals surface area contributed by atoms with Gasteiger partial charge >= 0.3 is 11.9 Å². The number of thioether (sulfide) groups is 1. The molecule has 1 aromatic rings. The van der Waals surface area contributed by atoms with Gasteiger partial charge in [-0.1, -0.05) is 38.8 Å². The zero-order valence-electron chi connectivity index (χ0n) is 16.3. The highest BCUT2D eigenvalue weighted by Crippen LogP contribution is 2.35. The van der Waals surface area contributed by atoms with Gasteiger partial charge in [0.25, 0.3) is 0 Å². The zero-order chi connectivity index (χ0) is 19.8. The predicted molar refractivity (Wildman–Crippen MR) is 109 cm³/mol. The van der Waals surface area contributed by atoms with E-state index in [1.54, 1.807) is 11.8 Å². The number of ether oxygens (including phenoxy) is 2. The van der Waals surface area contributed by atoms with Crippen LogP contribution in [0, 0.1) is 17.8 Å². The van der Waals surface area contributed by atoms with E-state index in [9.17, 15) is 9.59 Å². The van der Waals surface area contributed by atoms with Crippen LogP contribution in [0.15, 0.2) is 29.2 Å². The second-order valence-corrected chi connectivity index (χ2v) is 9.17. The summed E-state index contributed by atoms with van der Waals surface area (Å²) in [6.07, 6.45) is 3.33. The first-order valence-electron chi connectivity index (χ1n) is 9.58. The molecule has 6 heteroatoms. The summed E-state index contributed by atoms with van der Waals surface area (Å²) in [6, 6.07) is 7.45. The van der Waals surface area contributed by atoms with E-state index < -0.39 is 5.97 Å². The average Bonchev–Trinajstić information content (AvgIpc) is 2.61. The lowest BCUT2D eigenvalue weighted by molar-refractivity contribution is -0.167. The molecule has 0 aliphatic heterocycles. The number of halogens is 1. The molecule has 0 heterocycles. The Kier molecular flexibility index (Phi) is 8.97. The van der Waals surface area contributed by atoms with E-state index >= 15 is 0 Å². The molecule has 2 rings (SSSR count). The molecule has 0 radical (unpaired) electrons. The maximum absolute atomic E-state index is 12.1. The molecule has 0 unspecified atom stereocenters. The van der Waals surface area contributed by atoms with E-state index in [2.05, 4.69) is 20.8 Å². The number of carbonyl (C=O) groups excluding carboxylic acids is 2. The Bertz CT molecular complexity index is 617. The van der Waals surface area contributed by atoms with Crippen LogP contribution < -0.4 is 0 Å². The number of hydrogen-bond acceptors (Lipinski definition) is 5. The number of carbonyl (C=O) groups is 2. The van der Waals surface area contributed by atoms with Crippen LogP contribution in [0.1, 0.15) is 46.5 Å². The van der Waals surface area contributed by atoms with Gasteiger partial charge < -0.3 is 9.47 Å². The highest BCUT2D eigenvalue weighted by molar-refractivity contribution is 7.99. The van der Waals surface area contributed by atoms with Crippen molar-refractivity contribution in [3.8, 4) is 0 Å². The first kappa shape index (κ1) is 22.1. The van der Waals surface area contributed by atoms with Gasteiger partial charge in [0.05, 0.1) is 6.42 Å². The van der Waals surface area contributed by atoms with E-state index in [-0.39, 0.29) is 25.1 Å². The van der Waals surface area contributed by atoms with Gasteiger partial charge in [0.15, 0.2) is 6.61 Å². The summed E-state index contributed by atoms with van der Waals surface area (Å²) < 4.78 is 10.7. The Balaban J connectivity index is 1.67. The summed E-state index contributed by atoms with van der Waals surface area (Å²) >= 11 is 7.39.